The molecule has 2 aromatic rings. The number of anilines is 1. The topological polar surface area (TPSA) is 67.6 Å². The molecule has 1 fully saturated rings. The van der Waals surface area contributed by atoms with Gasteiger partial charge in [0.1, 0.15) is 18.0 Å². The minimum absolute atomic E-state index is 0.0655. The summed E-state index contributed by atoms with van der Waals surface area (Å²) in [5, 5.41) is 9.24. The molecule has 1 aliphatic rings. The monoisotopic (exact) mass is 339 g/mol. The molecule has 0 unspecified atom stereocenters. The number of benzene rings is 1. The van der Waals surface area contributed by atoms with Gasteiger partial charge in [-0.1, -0.05) is 6.07 Å². The summed E-state index contributed by atoms with van der Waals surface area (Å²) < 4.78 is 17.0. The average Bonchev–Trinajstić information content (AvgIpc) is 2.68. The summed E-state index contributed by atoms with van der Waals surface area (Å²) >= 11 is 0. The third-order valence-corrected chi connectivity index (χ3v) is 4.32. The number of hydrogen-bond acceptors (Lipinski definition) is 6. The van der Waals surface area contributed by atoms with E-state index < -0.39 is 0 Å². The fraction of sp³-hybridized carbons (Fsp3) is 0.368. The van der Waals surface area contributed by atoms with Gasteiger partial charge < -0.3 is 19.1 Å². The summed E-state index contributed by atoms with van der Waals surface area (Å²) in [6, 6.07) is 11.4. The molecule has 130 valence electrons. The highest BCUT2D eigenvalue weighted by atomic mass is 16.5. The van der Waals surface area contributed by atoms with Crippen molar-refractivity contribution in [1.82, 2.24) is 4.98 Å². The van der Waals surface area contributed by atoms with Crippen LogP contribution in [0.25, 0.3) is 0 Å². The number of para-hydroxylation sites is 1. The Hall–Kier alpha value is -2.94. The molecule has 6 heteroatoms. The zero-order chi connectivity index (χ0) is 17.6. The maximum atomic E-state index is 9.24. The number of rotatable bonds is 5. The highest BCUT2D eigenvalue weighted by Crippen LogP contribution is 2.38. The van der Waals surface area contributed by atoms with E-state index in [4.69, 9.17) is 14.2 Å². The fourth-order valence-corrected chi connectivity index (χ4v) is 3.02. The Labute approximate surface area is 147 Å². The quantitative estimate of drug-likeness (QED) is 0.834. The van der Waals surface area contributed by atoms with E-state index in [9.17, 15) is 5.26 Å². The van der Waals surface area contributed by atoms with Crippen LogP contribution >= 0.6 is 0 Å². The molecule has 0 saturated carbocycles. The van der Waals surface area contributed by atoms with Crippen LogP contribution in [0.1, 0.15) is 18.4 Å². The Kier molecular flexibility index (Phi) is 5.24. The predicted octanol–water partition coefficient (Wildman–Crippen LogP) is 3.02. The molecular weight excluding hydrogens is 318 g/mol. The molecule has 1 aromatic carbocycles. The van der Waals surface area contributed by atoms with Crippen molar-refractivity contribution >= 4 is 5.82 Å². The van der Waals surface area contributed by atoms with E-state index in [2.05, 4.69) is 16.0 Å². The van der Waals surface area contributed by atoms with Crippen LogP contribution < -0.4 is 19.1 Å². The summed E-state index contributed by atoms with van der Waals surface area (Å²) in [6.45, 7) is 1.57. The second kappa shape index (κ2) is 7.75. The van der Waals surface area contributed by atoms with Crippen molar-refractivity contribution in [2.75, 3.05) is 32.2 Å². The van der Waals surface area contributed by atoms with Crippen LogP contribution in [0.5, 0.6) is 17.2 Å². The second-order valence-electron chi connectivity index (χ2n) is 5.78. The van der Waals surface area contributed by atoms with E-state index in [0.29, 0.717) is 22.8 Å². The Bertz CT molecular complexity index is 742. The number of methoxy groups -OCH3 is 2. The SMILES string of the molecule is COc1cccc(OC)c1OC1CCN(c2ncccc2C#N)CC1. The molecule has 0 amide bonds. The standard InChI is InChI=1S/C19H21N3O3/c1-23-16-6-3-7-17(24-2)18(16)25-15-8-11-22(12-9-15)19-14(13-20)5-4-10-21-19/h3-7,10,15H,8-9,11-12H2,1-2H3. The van der Waals surface area contributed by atoms with Crippen molar-refractivity contribution in [2.24, 2.45) is 0 Å². The molecular formula is C19H21N3O3. The molecule has 25 heavy (non-hydrogen) atoms. The van der Waals surface area contributed by atoms with Crippen molar-refractivity contribution < 1.29 is 14.2 Å². The lowest BCUT2D eigenvalue weighted by molar-refractivity contribution is 0.158. The Morgan fingerprint density at radius 1 is 1.08 bits per heavy atom. The molecule has 6 nitrogen and oxygen atoms in total. The average molecular weight is 339 g/mol. The van der Waals surface area contributed by atoms with Crippen LogP contribution in [-0.2, 0) is 0 Å². The lowest BCUT2D eigenvalue weighted by Gasteiger charge is -2.33. The predicted molar refractivity (Wildman–Crippen MR) is 94.4 cm³/mol. The van der Waals surface area contributed by atoms with Crippen LogP contribution in [0.15, 0.2) is 36.5 Å². The number of nitriles is 1. The summed E-state index contributed by atoms with van der Waals surface area (Å²) in [5.74, 6) is 2.72. The summed E-state index contributed by atoms with van der Waals surface area (Å²) in [5.41, 5.74) is 0.605. The summed E-state index contributed by atoms with van der Waals surface area (Å²) in [6.07, 6.45) is 3.46. The van der Waals surface area contributed by atoms with E-state index in [1.54, 1.807) is 32.5 Å². The maximum absolute atomic E-state index is 9.24. The van der Waals surface area contributed by atoms with E-state index in [0.717, 1.165) is 31.7 Å². The highest BCUT2D eigenvalue weighted by Gasteiger charge is 2.25. The van der Waals surface area contributed by atoms with Gasteiger partial charge >= 0.3 is 0 Å². The van der Waals surface area contributed by atoms with Gasteiger partial charge in [-0.05, 0) is 24.3 Å². The summed E-state index contributed by atoms with van der Waals surface area (Å²) in [4.78, 5) is 6.50. The van der Waals surface area contributed by atoms with Crippen molar-refractivity contribution in [2.45, 2.75) is 18.9 Å². The van der Waals surface area contributed by atoms with Gasteiger partial charge in [-0.3, -0.25) is 0 Å². The third-order valence-electron chi connectivity index (χ3n) is 4.32. The van der Waals surface area contributed by atoms with E-state index in [-0.39, 0.29) is 6.10 Å². The van der Waals surface area contributed by atoms with Crippen molar-refractivity contribution in [3.05, 3.63) is 42.1 Å². The first-order valence-corrected chi connectivity index (χ1v) is 8.24. The van der Waals surface area contributed by atoms with Crippen LogP contribution in [0.2, 0.25) is 0 Å². The Balaban J connectivity index is 1.69. The van der Waals surface area contributed by atoms with Crippen molar-refractivity contribution in [3.63, 3.8) is 0 Å². The van der Waals surface area contributed by atoms with Gasteiger partial charge in [-0.25, -0.2) is 4.98 Å². The molecule has 2 heterocycles. The number of nitrogens with zero attached hydrogens (tertiary/aromatic N) is 3. The number of ether oxygens (including phenoxy) is 3. The number of pyridine rings is 1. The minimum atomic E-state index is 0.0655. The third kappa shape index (κ3) is 3.61. The number of aromatic nitrogens is 1. The molecule has 0 bridgehead atoms. The molecule has 1 saturated heterocycles. The number of piperidine rings is 1. The first-order valence-electron chi connectivity index (χ1n) is 8.24. The van der Waals surface area contributed by atoms with Crippen LogP contribution in [0, 0.1) is 11.3 Å². The Morgan fingerprint density at radius 3 is 2.36 bits per heavy atom. The molecule has 0 radical (unpaired) electrons. The van der Waals surface area contributed by atoms with Crippen molar-refractivity contribution in [1.29, 1.82) is 5.26 Å². The smallest absolute Gasteiger partial charge is 0.203 e. The van der Waals surface area contributed by atoms with Gasteiger partial charge in [0.05, 0.1) is 19.8 Å². The zero-order valence-electron chi connectivity index (χ0n) is 14.4. The maximum Gasteiger partial charge on any atom is 0.203 e. The van der Waals surface area contributed by atoms with Gasteiger partial charge in [0.25, 0.3) is 0 Å². The van der Waals surface area contributed by atoms with Crippen LogP contribution in [0.4, 0.5) is 5.82 Å². The first-order chi connectivity index (χ1) is 12.3. The van der Waals surface area contributed by atoms with Crippen LogP contribution in [0.3, 0.4) is 0 Å². The lowest BCUT2D eigenvalue weighted by atomic mass is 10.1. The van der Waals surface area contributed by atoms with Gasteiger partial charge in [0, 0.05) is 32.1 Å². The van der Waals surface area contributed by atoms with Crippen LogP contribution in [-0.4, -0.2) is 38.4 Å². The van der Waals surface area contributed by atoms with E-state index >= 15 is 0 Å². The molecule has 0 N–H and O–H groups in total. The second-order valence-corrected chi connectivity index (χ2v) is 5.78. The van der Waals surface area contributed by atoms with E-state index in [1.807, 2.05) is 18.2 Å². The largest absolute Gasteiger partial charge is 0.493 e. The van der Waals surface area contributed by atoms with Gasteiger partial charge in [0.15, 0.2) is 11.5 Å². The van der Waals surface area contributed by atoms with Gasteiger partial charge in [0.2, 0.25) is 5.75 Å². The summed E-state index contributed by atoms with van der Waals surface area (Å²) in [7, 11) is 3.24. The highest BCUT2D eigenvalue weighted by molar-refractivity contribution is 5.54. The molecule has 0 aliphatic carbocycles. The van der Waals surface area contributed by atoms with Crippen molar-refractivity contribution in [3.8, 4) is 23.3 Å². The molecule has 3 rings (SSSR count). The Morgan fingerprint density at radius 2 is 1.76 bits per heavy atom. The fourth-order valence-electron chi connectivity index (χ4n) is 3.02. The molecule has 1 aliphatic heterocycles. The normalized spacial score (nSPS) is 14.7. The van der Waals surface area contributed by atoms with E-state index in [1.165, 1.54) is 0 Å². The van der Waals surface area contributed by atoms with Gasteiger partial charge in [-0.2, -0.15) is 5.26 Å². The molecule has 0 atom stereocenters. The first kappa shape index (κ1) is 16.9. The molecule has 1 aromatic heterocycles. The number of hydrogen-bond donors (Lipinski definition) is 0. The zero-order valence-corrected chi connectivity index (χ0v) is 14.4. The van der Waals surface area contributed by atoms with Gasteiger partial charge in [-0.15, -0.1) is 0 Å². The lowest BCUT2D eigenvalue weighted by Crippen LogP contribution is -2.39. The molecule has 0 spiro atoms. The minimum Gasteiger partial charge on any atom is -0.493 e.